The molecule has 2 aromatic heterocycles. The quantitative estimate of drug-likeness (QED) is 0.258. The van der Waals surface area contributed by atoms with Crippen LogP contribution in [0.2, 0.25) is 0 Å². The minimum Gasteiger partial charge on any atom is -0.392 e. The van der Waals surface area contributed by atoms with E-state index in [1.807, 2.05) is 6.07 Å². The fourth-order valence-electron chi connectivity index (χ4n) is 4.27. The maximum atomic E-state index is 13.1. The molecule has 0 radical (unpaired) electrons. The van der Waals surface area contributed by atoms with Crippen LogP contribution in [-0.2, 0) is 17.4 Å². The molecule has 6 heteroatoms. The van der Waals surface area contributed by atoms with Gasteiger partial charge < -0.3 is 5.11 Å². The molecule has 0 amide bonds. The SMILES string of the molecule is CC1(c2ccc(-c3ccc(F)cc3C=O)s2)CC1.CC1(c2ccc(-c3ccc(F)cc3CO)s2)CC1. The number of aldehydes is 1. The Bertz CT molecular complexity index is 1410. The summed E-state index contributed by atoms with van der Waals surface area (Å²) in [5.41, 5.74) is 3.55. The van der Waals surface area contributed by atoms with Gasteiger partial charge in [-0.3, -0.25) is 4.79 Å². The van der Waals surface area contributed by atoms with Crippen LogP contribution in [-0.4, -0.2) is 11.4 Å². The van der Waals surface area contributed by atoms with E-state index >= 15 is 0 Å². The van der Waals surface area contributed by atoms with Crippen molar-refractivity contribution in [1.29, 1.82) is 0 Å². The number of carbonyl (C=O) groups excluding carboxylic acids is 1. The zero-order valence-corrected chi connectivity index (χ0v) is 21.9. The van der Waals surface area contributed by atoms with Gasteiger partial charge in [-0.15, -0.1) is 22.7 Å². The van der Waals surface area contributed by atoms with Crippen LogP contribution in [0, 0.1) is 11.6 Å². The summed E-state index contributed by atoms with van der Waals surface area (Å²) in [5, 5.41) is 9.32. The average Bonchev–Trinajstić information content (AvgIpc) is 3.65. The standard InChI is InChI=1S/C15H15FOS.C15H13FOS/c2*1-15(6-7-15)14-5-4-13(18-14)12-3-2-11(16)8-10(12)9-17/h2-5,8,17H,6-7,9H2,1H3;2-5,8-9H,6-7H2,1H3. The van der Waals surface area contributed by atoms with Crippen LogP contribution < -0.4 is 0 Å². The lowest BCUT2D eigenvalue weighted by molar-refractivity contribution is 0.112. The molecule has 0 saturated heterocycles. The van der Waals surface area contributed by atoms with Gasteiger partial charge in [0.05, 0.1) is 6.61 Å². The highest BCUT2D eigenvalue weighted by atomic mass is 32.1. The van der Waals surface area contributed by atoms with Gasteiger partial charge in [0.15, 0.2) is 6.29 Å². The lowest BCUT2D eigenvalue weighted by Crippen LogP contribution is -1.94. The van der Waals surface area contributed by atoms with Crippen molar-refractivity contribution in [2.75, 3.05) is 0 Å². The first-order chi connectivity index (χ1) is 17.2. The summed E-state index contributed by atoms with van der Waals surface area (Å²) in [5.74, 6) is -0.666. The van der Waals surface area contributed by atoms with Gasteiger partial charge in [0.1, 0.15) is 11.6 Å². The summed E-state index contributed by atoms with van der Waals surface area (Å²) in [7, 11) is 0. The Balaban J connectivity index is 0.000000148. The number of aliphatic hydroxyl groups is 1. The highest BCUT2D eigenvalue weighted by molar-refractivity contribution is 7.16. The molecule has 186 valence electrons. The van der Waals surface area contributed by atoms with E-state index in [0.29, 0.717) is 22.0 Å². The molecule has 2 aromatic carbocycles. The van der Waals surface area contributed by atoms with Crippen LogP contribution in [0.25, 0.3) is 20.9 Å². The number of thiophene rings is 2. The number of rotatable bonds is 6. The molecule has 2 aliphatic rings. The zero-order chi connectivity index (χ0) is 25.5. The number of aliphatic hydroxyl groups excluding tert-OH is 1. The van der Waals surface area contributed by atoms with Crippen molar-refractivity contribution in [3.63, 3.8) is 0 Å². The summed E-state index contributed by atoms with van der Waals surface area (Å²) in [6, 6.07) is 17.4. The average molecular weight is 523 g/mol. The molecule has 2 saturated carbocycles. The fraction of sp³-hybridized carbons (Fsp3) is 0.300. The third-order valence-corrected chi connectivity index (χ3v) is 10.2. The Kier molecular flexibility index (Phi) is 6.70. The van der Waals surface area contributed by atoms with Gasteiger partial charge in [0, 0.05) is 41.5 Å². The van der Waals surface area contributed by atoms with E-state index in [1.165, 1.54) is 59.7 Å². The van der Waals surface area contributed by atoms with E-state index in [0.717, 1.165) is 27.2 Å². The van der Waals surface area contributed by atoms with Gasteiger partial charge in [-0.1, -0.05) is 19.9 Å². The first-order valence-electron chi connectivity index (χ1n) is 12.1. The van der Waals surface area contributed by atoms with Crippen molar-refractivity contribution in [2.24, 2.45) is 0 Å². The molecule has 0 aliphatic heterocycles. The van der Waals surface area contributed by atoms with E-state index in [2.05, 4.69) is 32.0 Å². The summed E-state index contributed by atoms with van der Waals surface area (Å²) >= 11 is 3.47. The molecular weight excluding hydrogens is 494 g/mol. The Morgan fingerprint density at radius 2 is 1.28 bits per heavy atom. The molecule has 0 atom stereocenters. The first-order valence-corrected chi connectivity index (χ1v) is 13.7. The number of hydrogen-bond donors (Lipinski definition) is 1. The Morgan fingerprint density at radius 1 is 0.778 bits per heavy atom. The summed E-state index contributed by atoms with van der Waals surface area (Å²) in [4.78, 5) is 15.9. The third-order valence-electron chi connectivity index (χ3n) is 7.31. The van der Waals surface area contributed by atoms with Crippen LogP contribution in [0.15, 0.2) is 60.7 Å². The largest absolute Gasteiger partial charge is 0.392 e. The Morgan fingerprint density at radius 3 is 1.78 bits per heavy atom. The normalized spacial score (nSPS) is 16.7. The predicted molar refractivity (Wildman–Crippen MR) is 144 cm³/mol. The maximum Gasteiger partial charge on any atom is 0.150 e. The number of carbonyl (C=O) groups is 1. The van der Waals surface area contributed by atoms with Gasteiger partial charge in [0.2, 0.25) is 0 Å². The van der Waals surface area contributed by atoms with Crippen molar-refractivity contribution in [2.45, 2.75) is 57.0 Å². The maximum absolute atomic E-state index is 13.1. The summed E-state index contributed by atoms with van der Waals surface area (Å²) in [6.07, 6.45) is 5.69. The topological polar surface area (TPSA) is 37.3 Å². The molecule has 6 rings (SSSR count). The molecule has 2 heterocycles. The van der Waals surface area contributed by atoms with Gasteiger partial charge in [0.25, 0.3) is 0 Å². The number of halogens is 2. The van der Waals surface area contributed by atoms with Crippen LogP contribution in [0.1, 0.15) is 65.2 Å². The first kappa shape index (κ1) is 25.0. The lowest BCUT2D eigenvalue weighted by atomic mass is 10.1. The smallest absolute Gasteiger partial charge is 0.150 e. The molecule has 0 spiro atoms. The molecule has 2 fully saturated rings. The summed E-state index contributed by atoms with van der Waals surface area (Å²) in [6.45, 7) is 4.41. The Labute approximate surface area is 218 Å². The molecule has 2 nitrogen and oxygen atoms in total. The molecule has 2 aliphatic carbocycles. The van der Waals surface area contributed by atoms with Crippen molar-refractivity contribution < 1.29 is 18.7 Å². The minimum atomic E-state index is -0.369. The second-order valence-corrected chi connectivity index (χ2v) is 12.4. The highest BCUT2D eigenvalue weighted by Crippen LogP contribution is 2.52. The van der Waals surface area contributed by atoms with E-state index in [-0.39, 0.29) is 18.2 Å². The molecule has 1 N–H and O–H groups in total. The van der Waals surface area contributed by atoms with E-state index in [1.54, 1.807) is 34.8 Å². The number of benzene rings is 2. The number of hydrogen-bond acceptors (Lipinski definition) is 4. The van der Waals surface area contributed by atoms with Gasteiger partial charge in [-0.2, -0.15) is 0 Å². The van der Waals surface area contributed by atoms with Crippen molar-refractivity contribution in [1.82, 2.24) is 0 Å². The van der Waals surface area contributed by atoms with E-state index in [9.17, 15) is 18.7 Å². The second kappa shape index (κ2) is 9.66. The van der Waals surface area contributed by atoms with Crippen LogP contribution >= 0.6 is 22.7 Å². The van der Waals surface area contributed by atoms with Gasteiger partial charge >= 0.3 is 0 Å². The second-order valence-electron chi connectivity index (χ2n) is 10.3. The minimum absolute atomic E-state index is 0.127. The molecule has 36 heavy (non-hydrogen) atoms. The third kappa shape index (κ3) is 5.08. The molecule has 0 unspecified atom stereocenters. The molecule has 4 aromatic rings. The van der Waals surface area contributed by atoms with Crippen LogP contribution in [0.4, 0.5) is 8.78 Å². The Hall–Kier alpha value is -2.67. The van der Waals surface area contributed by atoms with E-state index in [4.69, 9.17) is 0 Å². The zero-order valence-electron chi connectivity index (χ0n) is 20.3. The molecular formula is C30H28F2O2S2. The van der Waals surface area contributed by atoms with Crippen LogP contribution in [0.3, 0.4) is 0 Å². The molecule has 0 bridgehead atoms. The predicted octanol–water partition coefficient (Wildman–Crippen LogP) is 8.52. The van der Waals surface area contributed by atoms with Gasteiger partial charge in [-0.25, -0.2) is 8.78 Å². The lowest BCUT2D eigenvalue weighted by Gasteiger charge is -2.06. The van der Waals surface area contributed by atoms with Gasteiger partial charge in [-0.05, 0) is 91.4 Å². The van der Waals surface area contributed by atoms with Crippen LogP contribution in [0.5, 0.6) is 0 Å². The van der Waals surface area contributed by atoms with Crippen molar-refractivity contribution in [3.8, 4) is 20.9 Å². The fourth-order valence-corrected chi connectivity index (χ4v) is 6.79. The van der Waals surface area contributed by atoms with Crippen molar-refractivity contribution >= 4 is 29.0 Å². The monoisotopic (exact) mass is 522 g/mol. The highest BCUT2D eigenvalue weighted by Gasteiger charge is 2.41. The van der Waals surface area contributed by atoms with E-state index < -0.39 is 0 Å². The summed E-state index contributed by atoms with van der Waals surface area (Å²) < 4.78 is 26.2. The van der Waals surface area contributed by atoms with Crippen molar-refractivity contribution in [3.05, 3.63) is 93.2 Å².